The lowest BCUT2D eigenvalue weighted by molar-refractivity contribution is 0.937. The van der Waals surface area contributed by atoms with Crippen molar-refractivity contribution in [2.75, 3.05) is 37.0 Å². The molecule has 4 rings (SSSR count). The monoisotopic (exact) mass is 265 g/mol. The maximum absolute atomic E-state index is 4.15. The molecule has 0 fully saturated rings. The molecule has 0 unspecified atom stereocenters. The number of likely N-dealkylation sites (N-methyl/N-ethyl adjacent to an activating group) is 2. The van der Waals surface area contributed by atoms with E-state index in [9.17, 15) is 0 Å². The maximum atomic E-state index is 4.15. The van der Waals surface area contributed by atoms with Crippen molar-refractivity contribution in [3.05, 3.63) is 41.7 Å². The molecule has 1 aromatic heterocycles. The van der Waals surface area contributed by atoms with Crippen molar-refractivity contribution >= 4 is 11.4 Å². The number of hydrogen-bond donors (Lipinski definition) is 0. The van der Waals surface area contributed by atoms with Gasteiger partial charge in [-0.15, -0.1) is 0 Å². The van der Waals surface area contributed by atoms with Crippen LogP contribution in [-0.2, 0) is 12.8 Å². The van der Waals surface area contributed by atoms with Crippen LogP contribution in [0.5, 0.6) is 0 Å². The molecule has 0 saturated carbocycles. The summed E-state index contributed by atoms with van der Waals surface area (Å²) >= 11 is 0. The summed E-state index contributed by atoms with van der Waals surface area (Å²) in [5.74, 6) is 0. The molecule has 0 atom stereocenters. The Morgan fingerprint density at radius 2 is 1.65 bits per heavy atom. The van der Waals surface area contributed by atoms with E-state index in [1.807, 2.05) is 12.4 Å². The van der Waals surface area contributed by atoms with Gasteiger partial charge in [-0.05, 0) is 47.7 Å². The lowest BCUT2D eigenvalue weighted by atomic mass is 9.94. The fraction of sp³-hybridized carbons (Fsp3) is 0.353. The minimum absolute atomic E-state index is 1.13. The average Bonchev–Trinajstić information content (AvgIpc) is 3.03. The third-order valence-electron chi connectivity index (χ3n) is 4.67. The summed E-state index contributed by atoms with van der Waals surface area (Å²) in [5, 5.41) is 0. The maximum Gasteiger partial charge on any atom is 0.0457 e. The van der Waals surface area contributed by atoms with E-state index in [1.165, 1.54) is 34.5 Å². The number of aromatic nitrogens is 1. The topological polar surface area (TPSA) is 19.4 Å². The highest BCUT2D eigenvalue weighted by Crippen LogP contribution is 2.45. The van der Waals surface area contributed by atoms with Gasteiger partial charge in [-0.25, -0.2) is 0 Å². The predicted octanol–water partition coefficient (Wildman–Crippen LogP) is 2.73. The number of rotatable bonds is 1. The van der Waals surface area contributed by atoms with Gasteiger partial charge < -0.3 is 9.80 Å². The van der Waals surface area contributed by atoms with Crippen LogP contribution in [0.3, 0.4) is 0 Å². The first kappa shape index (κ1) is 11.8. The fourth-order valence-electron chi connectivity index (χ4n) is 3.62. The minimum atomic E-state index is 1.13. The molecule has 3 heterocycles. The van der Waals surface area contributed by atoms with E-state index in [0.29, 0.717) is 0 Å². The van der Waals surface area contributed by atoms with Crippen LogP contribution in [0.2, 0.25) is 0 Å². The number of nitrogens with zero attached hydrogens (tertiary/aromatic N) is 3. The number of hydrogen-bond acceptors (Lipinski definition) is 3. The zero-order valence-corrected chi connectivity index (χ0v) is 12.1. The zero-order chi connectivity index (χ0) is 13.7. The van der Waals surface area contributed by atoms with Crippen molar-refractivity contribution in [1.29, 1.82) is 0 Å². The third-order valence-corrected chi connectivity index (χ3v) is 4.67. The zero-order valence-electron chi connectivity index (χ0n) is 12.1. The van der Waals surface area contributed by atoms with Gasteiger partial charge in [0, 0.05) is 56.5 Å². The van der Waals surface area contributed by atoms with Gasteiger partial charge in [0.05, 0.1) is 0 Å². The standard InChI is InChI=1S/C17H19N3/c1-19-9-6-14-16(19)11-15(12-3-7-18-8-4-12)13-5-10-20(2)17(13)14/h3-4,7-8,11H,5-6,9-10H2,1-2H3. The molecule has 2 aromatic rings. The van der Waals surface area contributed by atoms with Gasteiger partial charge in [0.2, 0.25) is 0 Å². The molecule has 102 valence electrons. The third kappa shape index (κ3) is 1.56. The van der Waals surface area contributed by atoms with Crippen molar-refractivity contribution < 1.29 is 0 Å². The van der Waals surface area contributed by atoms with Crippen molar-refractivity contribution in [3.63, 3.8) is 0 Å². The molecule has 0 aliphatic carbocycles. The van der Waals surface area contributed by atoms with Crippen LogP contribution in [0, 0.1) is 0 Å². The number of pyridine rings is 1. The Balaban J connectivity index is 2.00. The van der Waals surface area contributed by atoms with E-state index in [2.05, 4.69) is 47.1 Å². The summed E-state index contributed by atoms with van der Waals surface area (Å²) in [6.07, 6.45) is 6.10. The summed E-state index contributed by atoms with van der Waals surface area (Å²) in [7, 11) is 4.42. The van der Waals surface area contributed by atoms with E-state index in [0.717, 1.165) is 19.5 Å². The molecular weight excluding hydrogens is 246 g/mol. The van der Waals surface area contributed by atoms with Crippen molar-refractivity contribution in [1.82, 2.24) is 4.98 Å². The first-order chi connectivity index (χ1) is 9.75. The lowest BCUT2D eigenvalue weighted by Gasteiger charge is -2.20. The smallest absolute Gasteiger partial charge is 0.0457 e. The number of anilines is 2. The molecule has 2 aliphatic rings. The van der Waals surface area contributed by atoms with Crippen LogP contribution in [0.25, 0.3) is 11.1 Å². The van der Waals surface area contributed by atoms with Crippen LogP contribution in [-0.4, -0.2) is 32.2 Å². The molecule has 3 heteroatoms. The van der Waals surface area contributed by atoms with Crippen molar-refractivity contribution in [3.8, 4) is 11.1 Å². The summed E-state index contributed by atoms with van der Waals surface area (Å²) in [6.45, 7) is 2.27. The highest BCUT2D eigenvalue weighted by atomic mass is 15.2. The largest absolute Gasteiger partial charge is 0.374 e. The van der Waals surface area contributed by atoms with Gasteiger partial charge in [0.15, 0.2) is 0 Å². The van der Waals surface area contributed by atoms with Gasteiger partial charge in [-0.1, -0.05) is 0 Å². The molecule has 0 radical (unpaired) electrons. The highest BCUT2D eigenvalue weighted by Gasteiger charge is 2.29. The number of fused-ring (bicyclic) bond motifs is 3. The van der Waals surface area contributed by atoms with E-state index >= 15 is 0 Å². The molecule has 0 N–H and O–H groups in total. The van der Waals surface area contributed by atoms with Crippen molar-refractivity contribution in [2.45, 2.75) is 12.8 Å². The molecular formula is C17H19N3. The predicted molar refractivity (Wildman–Crippen MR) is 83.6 cm³/mol. The SMILES string of the molecule is CN1CCc2c1cc(-c1ccncc1)c1c2N(C)CC1. The molecule has 0 bridgehead atoms. The Bertz CT molecular complexity index is 664. The molecule has 0 saturated heterocycles. The Hall–Kier alpha value is -2.03. The van der Waals surface area contributed by atoms with Crippen LogP contribution in [0.1, 0.15) is 11.1 Å². The second-order valence-electron chi connectivity index (χ2n) is 5.83. The molecule has 3 nitrogen and oxygen atoms in total. The highest BCUT2D eigenvalue weighted by molar-refractivity contribution is 5.86. The van der Waals surface area contributed by atoms with E-state index in [4.69, 9.17) is 0 Å². The normalized spacial score (nSPS) is 16.5. The van der Waals surface area contributed by atoms with Crippen molar-refractivity contribution in [2.24, 2.45) is 0 Å². The van der Waals surface area contributed by atoms with E-state index in [1.54, 1.807) is 5.56 Å². The van der Waals surface area contributed by atoms with E-state index < -0.39 is 0 Å². The summed E-state index contributed by atoms with van der Waals surface area (Å²) < 4.78 is 0. The van der Waals surface area contributed by atoms with Crippen LogP contribution in [0.15, 0.2) is 30.6 Å². The van der Waals surface area contributed by atoms with Gasteiger partial charge in [0.25, 0.3) is 0 Å². The Morgan fingerprint density at radius 3 is 2.45 bits per heavy atom. The average molecular weight is 265 g/mol. The van der Waals surface area contributed by atoms with Crippen LogP contribution < -0.4 is 9.80 Å². The summed E-state index contributed by atoms with van der Waals surface area (Å²) in [5.41, 5.74) is 8.63. The Labute approximate surface area is 119 Å². The van der Waals surface area contributed by atoms with Gasteiger partial charge >= 0.3 is 0 Å². The lowest BCUT2D eigenvalue weighted by Crippen LogP contribution is -2.14. The Morgan fingerprint density at radius 1 is 0.950 bits per heavy atom. The fourth-order valence-corrected chi connectivity index (χ4v) is 3.62. The quantitative estimate of drug-likeness (QED) is 0.790. The van der Waals surface area contributed by atoms with Crippen LogP contribution >= 0.6 is 0 Å². The summed E-state index contributed by atoms with van der Waals surface area (Å²) in [6, 6.07) is 6.63. The molecule has 2 aliphatic heterocycles. The molecule has 0 amide bonds. The molecule has 0 spiro atoms. The summed E-state index contributed by atoms with van der Waals surface area (Å²) in [4.78, 5) is 8.96. The second kappa shape index (κ2) is 4.23. The molecule has 20 heavy (non-hydrogen) atoms. The van der Waals surface area contributed by atoms with Gasteiger partial charge in [0.1, 0.15) is 0 Å². The first-order valence-electron chi connectivity index (χ1n) is 7.27. The Kier molecular flexibility index (Phi) is 2.49. The number of benzene rings is 1. The second-order valence-corrected chi connectivity index (χ2v) is 5.83. The minimum Gasteiger partial charge on any atom is -0.374 e. The van der Waals surface area contributed by atoms with E-state index in [-0.39, 0.29) is 0 Å². The molecule has 1 aromatic carbocycles. The van der Waals surface area contributed by atoms with Gasteiger partial charge in [-0.3, -0.25) is 4.98 Å². The first-order valence-corrected chi connectivity index (χ1v) is 7.27. The van der Waals surface area contributed by atoms with Crippen LogP contribution in [0.4, 0.5) is 11.4 Å². The van der Waals surface area contributed by atoms with Gasteiger partial charge in [-0.2, -0.15) is 0 Å².